The molecule has 7 heteroatoms. The number of nitrogens with one attached hydrogen (secondary N) is 1. The van der Waals surface area contributed by atoms with Crippen molar-refractivity contribution in [2.45, 2.75) is 76.3 Å². The minimum atomic E-state index is -3.75. The van der Waals surface area contributed by atoms with Gasteiger partial charge in [0.25, 0.3) is 0 Å². The van der Waals surface area contributed by atoms with Crippen molar-refractivity contribution in [3.8, 4) is 0 Å². The summed E-state index contributed by atoms with van der Waals surface area (Å²) in [5, 5.41) is 0. The van der Waals surface area contributed by atoms with Gasteiger partial charge in [0.2, 0.25) is 10.0 Å². The topological polar surface area (TPSA) is 72.5 Å². The van der Waals surface area contributed by atoms with Gasteiger partial charge >= 0.3 is 5.97 Å². The molecule has 0 aliphatic carbocycles. The third-order valence-corrected chi connectivity index (χ3v) is 6.36. The standard InChI is InChI=1S/C20H30INO4S/c1-5-6-7-8-9-10-19(26-17(4)23)20(16(3)21)22-27(24,25)18-13-11-15(2)12-14-18/h11-14,19-20,22H,3,5-10H2,1-2,4H3/t19-,20+/m1/s1. The van der Waals surface area contributed by atoms with Crippen molar-refractivity contribution in [2.75, 3.05) is 0 Å². The molecule has 0 heterocycles. The molecule has 1 N–H and O–H groups in total. The second-order valence-corrected chi connectivity index (χ2v) is 9.81. The quantitative estimate of drug-likeness (QED) is 0.249. The molecular weight excluding hydrogens is 477 g/mol. The largest absolute Gasteiger partial charge is 0.460 e. The lowest BCUT2D eigenvalue weighted by atomic mass is 10.0. The van der Waals surface area contributed by atoms with Gasteiger partial charge in [-0.1, -0.05) is 56.9 Å². The van der Waals surface area contributed by atoms with Crippen molar-refractivity contribution in [1.82, 2.24) is 4.72 Å². The molecule has 0 amide bonds. The Labute approximate surface area is 177 Å². The monoisotopic (exact) mass is 507 g/mol. The van der Waals surface area contributed by atoms with Crippen LogP contribution in [0.25, 0.3) is 0 Å². The SMILES string of the molecule is C=C(I)[C@H](NS(=O)(=O)c1ccc(C)cc1)[C@@H](CCCCCCC)OC(C)=O. The van der Waals surface area contributed by atoms with Crippen molar-refractivity contribution in [1.29, 1.82) is 0 Å². The lowest BCUT2D eigenvalue weighted by Crippen LogP contribution is -2.45. The van der Waals surface area contributed by atoms with Gasteiger partial charge in [0.05, 0.1) is 10.9 Å². The fourth-order valence-corrected chi connectivity index (χ4v) is 4.78. The fourth-order valence-electron chi connectivity index (χ4n) is 2.75. The number of hydrogen-bond donors (Lipinski definition) is 1. The number of carbonyl (C=O) groups is 1. The van der Waals surface area contributed by atoms with Gasteiger partial charge in [-0.05, 0) is 54.5 Å². The van der Waals surface area contributed by atoms with Crippen molar-refractivity contribution in [3.63, 3.8) is 0 Å². The maximum Gasteiger partial charge on any atom is 0.302 e. The summed E-state index contributed by atoms with van der Waals surface area (Å²) in [6.07, 6.45) is 5.34. The predicted molar refractivity (Wildman–Crippen MR) is 117 cm³/mol. The molecule has 0 saturated carbocycles. The predicted octanol–water partition coefficient (Wildman–Crippen LogP) is 4.88. The lowest BCUT2D eigenvalue weighted by Gasteiger charge is -2.27. The highest BCUT2D eigenvalue weighted by Crippen LogP contribution is 2.23. The minimum absolute atomic E-state index is 0.181. The first kappa shape index (κ1) is 24.1. The van der Waals surface area contributed by atoms with Crippen LogP contribution in [-0.4, -0.2) is 26.5 Å². The molecule has 0 aromatic heterocycles. The van der Waals surface area contributed by atoms with E-state index in [-0.39, 0.29) is 4.90 Å². The number of sulfonamides is 1. The first-order chi connectivity index (χ1) is 12.7. The number of aryl methyl sites for hydroxylation is 1. The number of unbranched alkanes of at least 4 members (excludes halogenated alkanes) is 4. The van der Waals surface area contributed by atoms with Gasteiger partial charge in [0.1, 0.15) is 6.10 Å². The van der Waals surface area contributed by atoms with Gasteiger partial charge in [0, 0.05) is 10.5 Å². The molecule has 0 unspecified atom stereocenters. The fraction of sp³-hybridized carbons (Fsp3) is 0.550. The van der Waals surface area contributed by atoms with Gasteiger partial charge in [-0.2, -0.15) is 4.72 Å². The van der Waals surface area contributed by atoms with E-state index < -0.39 is 28.1 Å². The number of ether oxygens (including phenoxy) is 1. The normalized spacial score (nSPS) is 13.8. The molecule has 0 aliphatic heterocycles. The van der Waals surface area contributed by atoms with E-state index in [1.807, 2.05) is 29.5 Å². The second-order valence-electron chi connectivity index (χ2n) is 6.71. The van der Waals surface area contributed by atoms with Crippen LogP contribution in [0.2, 0.25) is 0 Å². The lowest BCUT2D eigenvalue weighted by molar-refractivity contribution is -0.147. The van der Waals surface area contributed by atoms with Crippen molar-refractivity contribution in [2.24, 2.45) is 0 Å². The summed E-state index contributed by atoms with van der Waals surface area (Å²) in [6.45, 7) is 9.29. The summed E-state index contributed by atoms with van der Waals surface area (Å²) >= 11 is 1.99. The molecule has 0 fully saturated rings. The summed E-state index contributed by atoms with van der Waals surface area (Å²) in [5.41, 5.74) is 0.980. The average molecular weight is 507 g/mol. The number of hydrogen-bond acceptors (Lipinski definition) is 4. The molecule has 1 rings (SSSR count). The van der Waals surface area contributed by atoms with Crippen LogP contribution >= 0.6 is 22.6 Å². The Kier molecular flexibility index (Phi) is 10.5. The molecule has 0 radical (unpaired) electrons. The molecule has 0 bridgehead atoms. The van der Waals surface area contributed by atoms with Crippen molar-refractivity contribution >= 4 is 38.6 Å². The van der Waals surface area contributed by atoms with Gasteiger partial charge in [-0.3, -0.25) is 4.79 Å². The Hall–Kier alpha value is -0.930. The Bertz CT molecular complexity index is 716. The van der Waals surface area contributed by atoms with E-state index in [4.69, 9.17) is 4.74 Å². The van der Waals surface area contributed by atoms with Gasteiger partial charge in [-0.15, -0.1) is 0 Å². The van der Waals surface area contributed by atoms with E-state index in [0.29, 0.717) is 10.0 Å². The van der Waals surface area contributed by atoms with Crippen LogP contribution in [-0.2, 0) is 19.6 Å². The summed E-state index contributed by atoms with van der Waals surface area (Å²) in [4.78, 5) is 11.7. The van der Waals surface area contributed by atoms with Gasteiger partial charge in [0.15, 0.2) is 0 Å². The van der Waals surface area contributed by atoms with E-state index in [2.05, 4.69) is 18.2 Å². The highest BCUT2D eigenvalue weighted by atomic mass is 127. The number of benzene rings is 1. The van der Waals surface area contributed by atoms with Crippen LogP contribution in [0.4, 0.5) is 0 Å². The van der Waals surface area contributed by atoms with Gasteiger partial charge < -0.3 is 4.74 Å². The smallest absolute Gasteiger partial charge is 0.302 e. The van der Waals surface area contributed by atoms with Crippen LogP contribution in [0.1, 0.15) is 57.9 Å². The van der Waals surface area contributed by atoms with E-state index in [0.717, 1.165) is 31.2 Å². The molecule has 1 aromatic carbocycles. The van der Waals surface area contributed by atoms with E-state index in [1.165, 1.54) is 13.3 Å². The highest BCUT2D eigenvalue weighted by Gasteiger charge is 2.30. The van der Waals surface area contributed by atoms with E-state index >= 15 is 0 Å². The Morgan fingerprint density at radius 1 is 1.19 bits per heavy atom. The maximum atomic E-state index is 12.8. The Morgan fingerprint density at radius 2 is 1.78 bits per heavy atom. The third kappa shape index (κ3) is 8.74. The van der Waals surface area contributed by atoms with Gasteiger partial charge in [-0.25, -0.2) is 8.42 Å². The van der Waals surface area contributed by atoms with Crippen LogP contribution in [0.5, 0.6) is 0 Å². The summed E-state index contributed by atoms with van der Waals surface area (Å²) < 4.78 is 34.2. The minimum Gasteiger partial charge on any atom is -0.460 e. The van der Waals surface area contributed by atoms with Crippen LogP contribution < -0.4 is 4.72 Å². The molecule has 2 atom stereocenters. The molecule has 0 spiro atoms. The number of halogens is 1. The highest BCUT2D eigenvalue weighted by molar-refractivity contribution is 14.1. The molecule has 27 heavy (non-hydrogen) atoms. The van der Waals surface area contributed by atoms with Crippen LogP contribution in [0.3, 0.4) is 0 Å². The van der Waals surface area contributed by atoms with E-state index in [9.17, 15) is 13.2 Å². The number of esters is 1. The Morgan fingerprint density at radius 3 is 2.30 bits per heavy atom. The molecule has 0 aliphatic rings. The van der Waals surface area contributed by atoms with E-state index in [1.54, 1.807) is 24.3 Å². The zero-order valence-electron chi connectivity index (χ0n) is 16.3. The zero-order valence-corrected chi connectivity index (χ0v) is 19.3. The third-order valence-electron chi connectivity index (χ3n) is 4.23. The summed E-state index contributed by atoms with van der Waals surface area (Å²) in [7, 11) is -3.75. The first-order valence-corrected chi connectivity index (χ1v) is 11.8. The molecule has 1 aromatic rings. The van der Waals surface area contributed by atoms with Crippen LogP contribution in [0, 0.1) is 6.92 Å². The van der Waals surface area contributed by atoms with Crippen LogP contribution in [0.15, 0.2) is 39.3 Å². The maximum absolute atomic E-state index is 12.8. The number of rotatable bonds is 12. The van der Waals surface area contributed by atoms with Crippen molar-refractivity contribution < 1.29 is 17.9 Å². The first-order valence-electron chi connectivity index (χ1n) is 9.28. The zero-order chi connectivity index (χ0) is 20.4. The average Bonchev–Trinajstić information content (AvgIpc) is 2.58. The molecule has 0 saturated heterocycles. The second kappa shape index (κ2) is 11.8. The van der Waals surface area contributed by atoms with Crippen molar-refractivity contribution in [3.05, 3.63) is 40.0 Å². The summed E-state index contributed by atoms with van der Waals surface area (Å²) in [6, 6.07) is 5.96. The Balaban J connectivity index is 2.93. The number of carbonyl (C=O) groups excluding carboxylic acids is 1. The molecular formula is C20H30INO4S. The molecule has 5 nitrogen and oxygen atoms in total. The molecule has 152 valence electrons. The summed E-state index contributed by atoms with van der Waals surface area (Å²) in [5.74, 6) is -0.425.